The van der Waals surface area contributed by atoms with Crippen molar-refractivity contribution in [2.75, 3.05) is 0 Å². The molecule has 2 aromatic carbocycles. The molecule has 0 N–H and O–H groups in total. The Balaban J connectivity index is 1.94. The first kappa shape index (κ1) is 11.4. The zero-order valence-corrected chi connectivity index (χ0v) is 10.00. The van der Waals surface area contributed by atoms with E-state index in [1.165, 1.54) is 11.8 Å². The van der Waals surface area contributed by atoms with E-state index in [9.17, 15) is 0 Å². The van der Waals surface area contributed by atoms with Crippen molar-refractivity contribution in [3.63, 3.8) is 0 Å². The van der Waals surface area contributed by atoms with Crippen LogP contribution in [0, 0.1) is 23.0 Å². The van der Waals surface area contributed by atoms with E-state index >= 15 is 0 Å². The molecule has 80 valence electrons. The highest BCUT2D eigenvalue weighted by Gasteiger charge is 1.85. The van der Waals surface area contributed by atoms with Gasteiger partial charge in [0.1, 0.15) is 0 Å². The van der Waals surface area contributed by atoms with Crippen molar-refractivity contribution in [2.24, 2.45) is 0 Å². The molecule has 0 bridgehead atoms. The van der Waals surface area contributed by atoms with E-state index in [0.717, 1.165) is 10.5 Å². The van der Waals surface area contributed by atoms with E-state index in [2.05, 4.69) is 23.0 Å². The van der Waals surface area contributed by atoms with E-state index in [1.54, 1.807) is 0 Å². The lowest BCUT2D eigenvalue weighted by atomic mass is 10.2. The highest BCUT2D eigenvalue weighted by atomic mass is 32.2. The number of thioether (sulfide) groups is 1. The monoisotopic (exact) mass is 234 g/mol. The number of benzene rings is 2. The van der Waals surface area contributed by atoms with Gasteiger partial charge in [-0.05, 0) is 53.1 Å². The van der Waals surface area contributed by atoms with Gasteiger partial charge < -0.3 is 0 Å². The lowest BCUT2D eigenvalue weighted by molar-refractivity contribution is 1.48. The molecule has 0 spiro atoms. The summed E-state index contributed by atoms with van der Waals surface area (Å²) >= 11 is 1.49. The second kappa shape index (κ2) is 6.48. The van der Waals surface area contributed by atoms with Crippen LogP contribution in [0.2, 0.25) is 0 Å². The van der Waals surface area contributed by atoms with Gasteiger partial charge in [-0.3, -0.25) is 0 Å². The molecule has 0 aliphatic heterocycles. The summed E-state index contributed by atoms with van der Waals surface area (Å²) in [5, 5.41) is 2.96. The van der Waals surface area contributed by atoms with Crippen molar-refractivity contribution in [1.82, 2.24) is 0 Å². The molecule has 0 unspecified atom stereocenters. The molecule has 0 amide bonds. The molecule has 17 heavy (non-hydrogen) atoms. The van der Waals surface area contributed by atoms with Gasteiger partial charge in [-0.2, -0.15) is 0 Å². The van der Waals surface area contributed by atoms with Crippen LogP contribution >= 0.6 is 11.8 Å². The molecule has 0 aliphatic rings. The fourth-order valence-electron chi connectivity index (χ4n) is 1.22. The quantitative estimate of drug-likeness (QED) is 0.534. The third-order valence-electron chi connectivity index (χ3n) is 2.01. The Morgan fingerprint density at radius 2 is 1.35 bits per heavy atom. The van der Waals surface area contributed by atoms with Crippen LogP contribution in [0.1, 0.15) is 5.56 Å². The molecule has 0 atom stereocenters. The normalized spacial score (nSPS) is 8.47. The SMILES string of the molecule is C(C#Cc1ccccc1)#CSc1ccccc1. The molecule has 0 fully saturated rings. The van der Waals surface area contributed by atoms with Gasteiger partial charge in [-0.25, -0.2) is 0 Å². The molecule has 2 aromatic rings. The van der Waals surface area contributed by atoms with Crippen molar-refractivity contribution < 1.29 is 0 Å². The average Bonchev–Trinajstić information content (AvgIpc) is 2.41. The molecule has 0 heterocycles. The van der Waals surface area contributed by atoms with Gasteiger partial charge in [-0.1, -0.05) is 42.3 Å². The maximum Gasteiger partial charge on any atom is 0.0255 e. The summed E-state index contributed by atoms with van der Waals surface area (Å²) in [5.41, 5.74) is 0.992. The van der Waals surface area contributed by atoms with Crippen LogP contribution in [-0.2, 0) is 0 Å². The lowest BCUT2D eigenvalue weighted by Crippen LogP contribution is -1.69. The Kier molecular flexibility index (Phi) is 4.35. The Hall–Kier alpha value is -2.09. The van der Waals surface area contributed by atoms with E-state index in [-0.39, 0.29) is 0 Å². The van der Waals surface area contributed by atoms with E-state index in [1.807, 2.05) is 60.7 Å². The standard InChI is InChI=1S/C16H10S/c1-3-9-15(10-4-1)11-7-8-14-17-16-12-5-2-6-13-16/h1-6,9-10,12-13H. The molecule has 0 radical (unpaired) electrons. The van der Waals surface area contributed by atoms with Crippen molar-refractivity contribution in [3.05, 3.63) is 66.2 Å². The third-order valence-corrected chi connectivity index (χ3v) is 2.72. The number of hydrogen-bond donors (Lipinski definition) is 0. The van der Waals surface area contributed by atoms with Crippen LogP contribution in [0.3, 0.4) is 0 Å². The summed E-state index contributed by atoms with van der Waals surface area (Å²) in [6.07, 6.45) is 0. The second-order valence-corrected chi connectivity index (χ2v) is 4.14. The molecule has 0 aromatic heterocycles. The largest absolute Gasteiger partial charge is 0.0622 e. The first-order chi connectivity index (χ1) is 8.45. The van der Waals surface area contributed by atoms with Crippen LogP contribution in [0.4, 0.5) is 0 Å². The third kappa shape index (κ3) is 4.11. The van der Waals surface area contributed by atoms with E-state index < -0.39 is 0 Å². The molecule has 1 heteroatoms. The Labute approximate surface area is 106 Å². The summed E-state index contributed by atoms with van der Waals surface area (Å²) in [6.45, 7) is 0. The van der Waals surface area contributed by atoms with Crippen LogP contribution in [0.15, 0.2) is 65.6 Å². The predicted molar refractivity (Wildman–Crippen MR) is 73.4 cm³/mol. The average molecular weight is 234 g/mol. The molecule has 0 aliphatic carbocycles. The summed E-state index contributed by atoms with van der Waals surface area (Å²) in [7, 11) is 0. The minimum atomic E-state index is 0.992. The summed E-state index contributed by atoms with van der Waals surface area (Å²) in [4.78, 5) is 1.14. The predicted octanol–water partition coefficient (Wildman–Crippen LogP) is 3.79. The topological polar surface area (TPSA) is 0 Å². The van der Waals surface area contributed by atoms with Gasteiger partial charge >= 0.3 is 0 Å². The molecule has 0 saturated carbocycles. The highest BCUT2D eigenvalue weighted by molar-refractivity contribution is 8.03. The van der Waals surface area contributed by atoms with E-state index in [0.29, 0.717) is 0 Å². The zero-order chi connectivity index (χ0) is 11.8. The Morgan fingerprint density at radius 1 is 0.706 bits per heavy atom. The van der Waals surface area contributed by atoms with Gasteiger partial charge in [0.15, 0.2) is 0 Å². The molecule has 0 nitrogen and oxygen atoms in total. The van der Waals surface area contributed by atoms with Gasteiger partial charge in [0.25, 0.3) is 0 Å². The Bertz CT molecular complexity index is 577. The first-order valence-electron chi connectivity index (χ1n) is 5.23. The maximum absolute atomic E-state index is 2.99. The first-order valence-corrected chi connectivity index (χ1v) is 6.05. The second-order valence-electron chi connectivity index (χ2n) is 3.26. The summed E-state index contributed by atoms with van der Waals surface area (Å²) < 4.78 is 0. The number of rotatable bonds is 1. The molecule has 2 rings (SSSR count). The highest BCUT2D eigenvalue weighted by Crippen LogP contribution is 2.14. The van der Waals surface area contributed by atoms with Gasteiger partial charge in [-0.15, -0.1) is 0 Å². The maximum atomic E-state index is 2.99. The smallest absolute Gasteiger partial charge is 0.0255 e. The minimum absolute atomic E-state index is 0.992. The fraction of sp³-hybridized carbons (Fsp3) is 0. The van der Waals surface area contributed by atoms with Crippen molar-refractivity contribution in [1.29, 1.82) is 0 Å². The molecule has 0 saturated heterocycles. The van der Waals surface area contributed by atoms with Gasteiger partial charge in [0.2, 0.25) is 0 Å². The van der Waals surface area contributed by atoms with Crippen LogP contribution < -0.4 is 0 Å². The number of hydrogen-bond acceptors (Lipinski definition) is 1. The van der Waals surface area contributed by atoms with Crippen LogP contribution in [-0.4, -0.2) is 0 Å². The van der Waals surface area contributed by atoms with Gasteiger partial charge in [0, 0.05) is 10.5 Å². The lowest BCUT2D eigenvalue weighted by Gasteiger charge is -1.89. The summed E-state index contributed by atoms with van der Waals surface area (Å²) in [6, 6.07) is 19.9. The van der Waals surface area contributed by atoms with Crippen LogP contribution in [0.5, 0.6) is 0 Å². The Morgan fingerprint density at radius 3 is 2.06 bits per heavy atom. The fourth-order valence-corrected chi connectivity index (χ4v) is 1.74. The summed E-state index contributed by atoms with van der Waals surface area (Å²) in [5.74, 6) is 8.67. The minimum Gasteiger partial charge on any atom is -0.0622 e. The molecular formula is C16H10S. The molecular weight excluding hydrogens is 224 g/mol. The van der Waals surface area contributed by atoms with Crippen molar-refractivity contribution in [2.45, 2.75) is 4.90 Å². The van der Waals surface area contributed by atoms with E-state index in [4.69, 9.17) is 0 Å². The zero-order valence-electron chi connectivity index (χ0n) is 9.18. The van der Waals surface area contributed by atoms with Gasteiger partial charge in [0.05, 0.1) is 0 Å². The van der Waals surface area contributed by atoms with Crippen molar-refractivity contribution >= 4 is 11.8 Å². The van der Waals surface area contributed by atoms with Crippen LogP contribution in [0.25, 0.3) is 0 Å². The van der Waals surface area contributed by atoms with Crippen molar-refractivity contribution in [3.8, 4) is 23.0 Å².